The lowest BCUT2D eigenvalue weighted by Crippen LogP contribution is -2.45. The number of ketones is 1. The van der Waals surface area contributed by atoms with Gasteiger partial charge in [-0.3, -0.25) is 4.79 Å². The minimum absolute atomic E-state index is 0.0726. The fourth-order valence-electron chi connectivity index (χ4n) is 3.13. The van der Waals surface area contributed by atoms with Crippen LogP contribution in [0.2, 0.25) is 0 Å². The van der Waals surface area contributed by atoms with Gasteiger partial charge in [0.2, 0.25) is 0 Å². The largest absolute Gasteiger partial charge is 0.378 e. The second kappa shape index (κ2) is 5.96. The first-order valence-electron chi connectivity index (χ1n) is 7.12. The second-order valence-corrected chi connectivity index (χ2v) is 5.51. The number of rotatable bonds is 5. The van der Waals surface area contributed by atoms with Crippen LogP contribution in [0.1, 0.15) is 51.9 Å². The number of carbonyl (C=O) groups is 1. The van der Waals surface area contributed by atoms with Crippen LogP contribution in [0.3, 0.4) is 0 Å². The van der Waals surface area contributed by atoms with Crippen molar-refractivity contribution in [1.29, 1.82) is 0 Å². The van der Waals surface area contributed by atoms with Crippen molar-refractivity contribution in [3.8, 4) is 0 Å². The second-order valence-electron chi connectivity index (χ2n) is 5.51. The third-order valence-electron chi connectivity index (χ3n) is 4.46. The van der Waals surface area contributed by atoms with Gasteiger partial charge < -0.3 is 10.1 Å². The smallest absolute Gasteiger partial charge is 0.140 e. The lowest BCUT2D eigenvalue weighted by atomic mass is 9.73. The van der Waals surface area contributed by atoms with Gasteiger partial charge in [0.15, 0.2) is 0 Å². The Labute approximate surface area is 104 Å². The molecule has 0 spiro atoms. The van der Waals surface area contributed by atoms with Gasteiger partial charge in [-0.05, 0) is 45.1 Å². The fourth-order valence-corrected chi connectivity index (χ4v) is 3.13. The van der Waals surface area contributed by atoms with E-state index in [2.05, 4.69) is 12.2 Å². The lowest BCUT2D eigenvalue weighted by Gasteiger charge is -2.35. The van der Waals surface area contributed by atoms with E-state index in [4.69, 9.17) is 4.74 Å². The molecule has 98 valence electrons. The molecule has 2 fully saturated rings. The van der Waals surface area contributed by atoms with Crippen molar-refractivity contribution in [2.45, 2.75) is 58.0 Å². The maximum atomic E-state index is 12.4. The van der Waals surface area contributed by atoms with E-state index in [1.54, 1.807) is 0 Å². The zero-order valence-corrected chi connectivity index (χ0v) is 11.0. The van der Waals surface area contributed by atoms with Crippen molar-refractivity contribution in [3.05, 3.63) is 0 Å². The number of hydrogen-bond acceptors (Lipinski definition) is 3. The molecule has 3 nitrogen and oxygen atoms in total. The summed E-state index contributed by atoms with van der Waals surface area (Å²) in [6, 6.07) is 0. The molecular formula is C14H25NO2. The summed E-state index contributed by atoms with van der Waals surface area (Å²) in [5.74, 6) is 0.461. The van der Waals surface area contributed by atoms with Gasteiger partial charge >= 0.3 is 0 Å². The van der Waals surface area contributed by atoms with Crippen LogP contribution in [0.15, 0.2) is 0 Å². The Balaban J connectivity index is 1.83. The number of hydrogen-bond donors (Lipinski definition) is 1. The highest BCUT2D eigenvalue weighted by atomic mass is 16.5. The standard InChI is InChI=1S/C14H25NO2/c1-2-14(8-4-9-15-11-14)13(16)7-6-12-5-3-10-17-12/h12,15H,2-11H2,1H3. The predicted octanol–water partition coefficient (Wildman–Crippen LogP) is 2.29. The maximum absolute atomic E-state index is 12.4. The van der Waals surface area contributed by atoms with Crippen LogP contribution in [0.4, 0.5) is 0 Å². The molecule has 2 aliphatic rings. The molecule has 0 bridgehead atoms. The Bertz CT molecular complexity index is 253. The van der Waals surface area contributed by atoms with Gasteiger partial charge in [0, 0.05) is 25.0 Å². The first-order valence-corrected chi connectivity index (χ1v) is 7.12. The SMILES string of the molecule is CCC1(C(=O)CCC2CCCO2)CCCNC1. The molecule has 0 aromatic rings. The molecule has 0 saturated carbocycles. The highest BCUT2D eigenvalue weighted by Gasteiger charge is 2.37. The molecule has 1 N–H and O–H groups in total. The van der Waals surface area contributed by atoms with E-state index >= 15 is 0 Å². The molecule has 0 aliphatic carbocycles. The Hall–Kier alpha value is -0.410. The number of ether oxygens (including phenoxy) is 1. The molecule has 2 atom stereocenters. The van der Waals surface area contributed by atoms with Crippen molar-refractivity contribution in [2.75, 3.05) is 19.7 Å². The number of piperidine rings is 1. The maximum Gasteiger partial charge on any atom is 0.140 e. The fraction of sp³-hybridized carbons (Fsp3) is 0.929. The summed E-state index contributed by atoms with van der Waals surface area (Å²) >= 11 is 0. The lowest BCUT2D eigenvalue weighted by molar-refractivity contribution is -0.130. The summed E-state index contributed by atoms with van der Waals surface area (Å²) in [6.45, 7) is 4.99. The van der Waals surface area contributed by atoms with Crippen LogP contribution >= 0.6 is 0 Å². The molecule has 0 aromatic heterocycles. The van der Waals surface area contributed by atoms with Gasteiger partial charge in [-0.1, -0.05) is 6.92 Å². The van der Waals surface area contributed by atoms with Crippen LogP contribution in [0.5, 0.6) is 0 Å². The van der Waals surface area contributed by atoms with Gasteiger partial charge in [0.1, 0.15) is 5.78 Å². The minimum atomic E-state index is -0.0726. The first-order chi connectivity index (χ1) is 8.27. The van der Waals surface area contributed by atoms with Crippen LogP contribution in [-0.2, 0) is 9.53 Å². The zero-order valence-electron chi connectivity index (χ0n) is 11.0. The van der Waals surface area contributed by atoms with E-state index in [9.17, 15) is 4.79 Å². The summed E-state index contributed by atoms with van der Waals surface area (Å²) in [4.78, 5) is 12.4. The van der Waals surface area contributed by atoms with Gasteiger partial charge in [-0.25, -0.2) is 0 Å². The van der Waals surface area contributed by atoms with Gasteiger partial charge in [-0.15, -0.1) is 0 Å². The van der Waals surface area contributed by atoms with Crippen LogP contribution in [0.25, 0.3) is 0 Å². The molecule has 0 aromatic carbocycles. The molecule has 3 heteroatoms. The van der Waals surface area contributed by atoms with Crippen LogP contribution in [-0.4, -0.2) is 31.6 Å². The summed E-state index contributed by atoms with van der Waals surface area (Å²) in [5.41, 5.74) is -0.0726. The molecule has 2 unspecified atom stereocenters. The molecule has 2 saturated heterocycles. The third-order valence-corrected chi connectivity index (χ3v) is 4.46. The van der Waals surface area contributed by atoms with E-state index in [0.29, 0.717) is 18.3 Å². The highest BCUT2D eigenvalue weighted by Crippen LogP contribution is 2.33. The Kier molecular flexibility index (Phi) is 4.57. The molecule has 0 radical (unpaired) electrons. The van der Waals surface area contributed by atoms with Crippen molar-refractivity contribution in [2.24, 2.45) is 5.41 Å². The van der Waals surface area contributed by atoms with Crippen molar-refractivity contribution in [3.63, 3.8) is 0 Å². The van der Waals surface area contributed by atoms with Gasteiger partial charge in [0.25, 0.3) is 0 Å². The molecule has 17 heavy (non-hydrogen) atoms. The van der Waals surface area contributed by atoms with E-state index in [0.717, 1.165) is 51.8 Å². The molecule has 2 heterocycles. The quantitative estimate of drug-likeness (QED) is 0.800. The molecule has 2 rings (SSSR count). The first kappa shape index (κ1) is 13.0. The molecule has 2 aliphatic heterocycles. The van der Waals surface area contributed by atoms with Crippen molar-refractivity contribution < 1.29 is 9.53 Å². The number of nitrogens with one attached hydrogen (secondary N) is 1. The van der Waals surface area contributed by atoms with Gasteiger partial charge in [0.05, 0.1) is 6.10 Å². The Morgan fingerprint density at radius 2 is 2.35 bits per heavy atom. The monoisotopic (exact) mass is 239 g/mol. The minimum Gasteiger partial charge on any atom is -0.378 e. The number of Topliss-reactive ketones (excluding diaryl/α,β-unsaturated/α-hetero) is 1. The topological polar surface area (TPSA) is 38.3 Å². The normalized spacial score (nSPS) is 33.8. The molecule has 0 amide bonds. The average Bonchev–Trinajstić information content (AvgIpc) is 2.90. The molecular weight excluding hydrogens is 214 g/mol. The van der Waals surface area contributed by atoms with E-state index in [-0.39, 0.29) is 5.41 Å². The zero-order chi connectivity index (χ0) is 12.1. The number of carbonyl (C=O) groups excluding carboxylic acids is 1. The van der Waals surface area contributed by atoms with E-state index < -0.39 is 0 Å². The Morgan fingerprint density at radius 1 is 1.47 bits per heavy atom. The van der Waals surface area contributed by atoms with Gasteiger partial charge in [-0.2, -0.15) is 0 Å². The third kappa shape index (κ3) is 3.08. The van der Waals surface area contributed by atoms with Crippen LogP contribution < -0.4 is 5.32 Å². The van der Waals surface area contributed by atoms with Crippen molar-refractivity contribution >= 4 is 5.78 Å². The summed E-state index contributed by atoms with van der Waals surface area (Å²) in [6.07, 6.45) is 7.49. The van der Waals surface area contributed by atoms with Crippen LogP contribution in [0, 0.1) is 5.41 Å². The van der Waals surface area contributed by atoms with E-state index in [1.165, 1.54) is 6.42 Å². The average molecular weight is 239 g/mol. The highest BCUT2D eigenvalue weighted by molar-refractivity contribution is 5.85. The summed E-state index contributed by atoms with van der Waals surface area (Å²) < 4.78 is 5.59. The summed E-state index contributed by atoms with van der Waals surface area (Å²) in [5, 5.41) is 3.38. The summed E-state index contributed by atoms with van der Waals surface area (Å²) in [7, 11) is 0. The predicted molar refractivity (Wildman–Crippen MR) is 68.0 cm³/mol. The van der Waals surface area contributed by atoms with E-state index in [1.807, 2.05) is 0 Å². The Morgan fingerprint density at radius 3 is 2.94 bits per heavy atom. The van der Waals surface area contributed by atoms with Crippen molar-refractivity contribution in [1.82, 2.24) is 5.32 Å².